The summed E-state index contributed by atoms with van der Waals surface area (Å²) in [7, 11) is 0. The zero-order valence-corrected chi connectivity index (χ0v) is 6.49. The second kappa shape index (κ2) is 4.68. The number of hydrogen-bond acceptors (Lipinski definition) is 1. The van der Waals surface area contributed by atoms with Gasteiger partial charge in [-0.3, -0.25) is 0 Å². The van der Waals surface area contributed by atoms with Crippen LogP contribution in [0.25, 0.3) is 0 Å². The molecule has 0 unspecified atom stereocenters. The Bertz CT molecular complexity index is 154. The monoisotopic (exact) mass is 183 g/mol. The Kier molecular flexibility index (Phi) is 4.60. The van der Waals surface area contributed by atoms with Crippen LogP contribution in [0.3, 0.4) is 0 Å². The van der Waals surface area contributed by atoms with Gasteiger partial charge in [-0.2, -0.15) is 0 Å². The van der Waals surface area contributed by atoms with Crippen molar-refractivity contribution in [3.05, 3.63) is 30.3 Å². The minimum absolute atomic E-state index is 0. The average molecular weight is 183 g/mol. The standard InChI is InChI=1S/C6H6O.ClH.Mn/c7-6-4-2-1-3-5-6;;/h1-5,7H;1H;/q;;+2/p-2. The van der Waals surface area contributed by atoms with Crippen LogP contribution in [0.4, 0.5) is 0 Å². The van der Waals surface area contributed by atoms with E-state index >= 15 is 0 Å². The van der Waals surface area contributed by atoms with Gasteiger partial charge in [0.1, 0.15) is 0 Å². The van der Waals surface area contributed by atoms with Gasteiger partial charge in [0, 0.05) is 0 Å². The molecule has 0 aliphatic heterocycles. The van der Waals surface area contributed by atoms with Gasteiger partial charge in [-0.05, 0) is 0 Å². The molecule has 0 N–H and O–H groups in total. The fourth-order valence-corrected chi connectivity index (χ4v) is 0.633. The first-order valence-electron chi connectivity index (χ1n) is 2.27. The zero-order chi connectivity index (χ0) is 5.82. The van der Waals surface area contributed by atoms with Gasteiger partial charge >= 0.3 is 56.2 Å². The molecule has 0 aliphatic rings. The molecule has 0 bridgehead atoms. The molecular formula is C6H5ClMnO. The topological polar surface area (TPSA) is 9.23 Å². The van der Waals surface area contributed by atoms with Crippen molar-refractivity contribution < 1.29 is 32.6 Å². The SMILES string of the molecule is [Cl-].[Mn+][O]c1ccccc1. The van der Waals surface area contributed by atoms with Crippen LogP contribution < -0.4 is 16.2 Å². The summed E-state index contributed by atoms with van der Waals surface area (Å²) in [5, 5.41) is 0. The minimum atomic E-state index is 0. The van der Waals surface area contributed by atoms with Gasteiger partial charge < -0.3 is 12.4 Å². The van der Waals surface area contributed by atoms with E-state index in [9.17, 15) is 0 Å². The normalized spacial score (nSPS) is 7.56. The van der Waals surface area contributed by atoms with Crippen LogP contribution in [0.2, 0.25) is 0 Å². The van der Waals surface area contributed by atoms with E-state index in [0.29, 0.717) is 0 Å². The van der Waals surface area contributed by atoms with Gasteiger partial charge in [0.05, 0.1) is 0 Å². The molecule has 0 saturated carbocycles. The van der Waals surface area contributed by atoms with Gasteiger partial charge in [-0.25, -0.2) is 0 Å². The van der Waals surface area contributed by atoms with Crippen molar-refractivity contribution in [1.82, 2.24) is 0 Å². The molecule has 1 aromatic carbocycles. The second-order valence-corrected chi connectivity index (χ2v) is 1.63. The molecule has 0 aromatic heterocycles. The molecule has 3 heteroatoms. The molecular weight excluding hydrogens is 178 g/mol. The Morgan fingerprint density at radius 3 is 2.00 bits per heavy atom. The van der Waals surface area contributed by atoms with E-state index in [1.807, 2.05) is 30.3 Å². The molecule has 0 spiro atoms. The third-order valence-electron chi connectivity index (χ3n) is 0.832. The van der Waals surface area contributed by atoms with E-state index in [-0.39, 0.29) is 12.4 Å². The van der Waals surface area contributed by atoms with Crippen LogP contribution in [0.5, 0.6) is 5.75 Å². The third kappa shape index (κ3) is 2.75. The Balaban J connectivity index is 0.000000640. The van der Waals surface area contributed by atoms with Crippen LogP contribution in [-0.2, 0) is 16.3 Å². The van der Waals surface area contributed by atoms with Crippen LogP contribution >= 0.6 is 0 Å². The van der Waals surface area contributed by atoms with E-state index in [0.717, 1.165) is 5.75 Å². The van der Waals surface area contributed by atoms with E-state index in [1.54, 1.807) is 0 Å². The molecule has 9 heavy (non-hydrogen) atoms. The Morgan fingerprint density at radius 1 is 1.11 bits per heavy atom. The summed E-state index contributed by atoms with van der Waals surface area (Å²) in [5.74, 6) is 0.826. The first-order chi connectivity index (χ1) is 3.93. The molecule has 0 radical (unpaired) electrons. The van der Waals surface area contributed by atoms with Crippen molar-refractivity contribution in [2.24, 2.45) is 0 Å². The zero-order valence-electron chi connectivity index (χ0n) is 4.55. The Labute approximate surface area is 69.0 Å². The number of benzene rings is 1. The Hall–Kier alpha value is -0.171. The summed E-state index contributed by atoms with van der Waals surface area (Å²) in [6.07, 6.45) is 0. The third-order valence-corrected chi connectivity index (χ3v) is 1.11. The van der Waals surface area contributed by atoms with E-state index < -0.39 is 0 Å². The van der Waals surface area contributed by atoms with Crippen molar-refractivity contribution in [2.75, 3.05) is 0 Å². The van der Waals surface area contributed by atoms with Crippen molar-refractivity contribution in [3.8, 4) is 5.75 Å². The quantitative estimate of drug-likeness (QED) is 0.483. The average Bonchev–Trinajstić information content (AvgIpc) is 1.90. The summed E-state index contributed by atoms with van der Waals surface area (Å²) in [6.45, 7) is 0. The van der Waals surface area contributed by atoms with Gasteiger partial charge in [0.15, 0.2) is 0 Å². The first kappa shape index (κ1) is 8.83. The summed E-state index contributed by atoms with van der Waals surface area (Å²) in [4.78, 5) is 0. The molecule has 0 aliphatic carbocycles. The molecule has 0 atom stereocenters. The number of para-hydroxylation sites is 1. The molecule has 0 heterocycles. The molecule has 1 aromatic rings. The molecule has 1 nitrogen and oxygen atoms in total. The maximum absolute atomic E-state index is 4.73. The van der Waals surface area contributed by atoms with Crippen molar-refractivity contribution in [1.29, 1.82) is 0 Å². The number of rotatable bonds is 1. The summed E-state index contributed by atoms with van der Waals surface area (Å²) in [6, 6.07) is 9.51. The van der Waals surface area contributed by atoms with Gasteiger partial charge in [-0.15, -0.1) is 0 Å². The van der Waals surface area contributed by atoms with Crippen molar-refractivity contribution >= 4 is 0 Å². The van der Waals surface area contributed by atoms with E-state index in [4.69, 9.17) is 3.82 Å². The summed E-state index contributed by atoms with van der Waals surface area (Å²) < 4.78 is 4.73. The summed E-state index contributed by atoms with van der Waals surface area (Å²) in [5.41, 5.74) is 0. The van der Waals surface area contributed by atoms with Gasteiger partial charge in [-0.1, -0.05) is 0 Å². The molecule has 0 fully saturated rings. The van der Waals surface area contributed by atoms with Crippen LogP contribution in [-0.4, -0.2) is 0 Å². The predicted molar refractivity (Wildman–Crippen MR) is 27.1 cm³/mol. The first-order valence-corrected chi connectivity index (χ1v) is 2.75. The fourth-order valence-electron chi connectivity index (χ4n) is 0.472. The molecule has 0 saturated heterocycles. The number of halogens is 1. The van der Waals surface area contributed by atoms with E-state index in [1.165, 1.54) is 0 Å². The summed E-state index contributed by atoms with van der Waals surface area (Å²) >= 11 is 2.86. The van der Waals surface area contributed by atoms with Crippen molar-refractivity contribution in [2.45, 2.75) is 0 Å². The van der Waals surface area contributed by atoms with Gasteiger partial charge in [0.25, 0.3) is 0 Å². The number of hydrogen-bond donors (Lipinski definition) is 0. The van der Waals surface area contributed by atoms with Crippen LogP contribution in [0.1, 0.15) is 0 Å². The van der Waals surface area contributed by atoms with Gasteiger partial charge in [0.2, 0.25) is 0 Å². The second-order valence-electron chi connectivity index (χ2n) is 1.39. The fraction of sp³-hybridized carbons (Fsp3) is 0. The predicted octanol–water partition coefficient (Wildman–Crippen LogP) is -1.47. The molecule has 49 valence electrons. The Morgan fingerprint density at radius 2 is 1.67 bits per heavy atom. The van der Waals surface area contributed by atoms with Crippen LogP contribution in [0, 0.1) is 0 Å². The van der Waals surface area contributed by atoms with Crippen molar-refractivity contribution in [3.63, 3.8) is 0 Å². The van der Waals surface area contributed by atoms with E-state index in [2.05, 4.69) is 16.3 Å². The molecule has 0 amide bonds. The molecule has 1 rings (SSSR count). The van der Waals surface area contributed by atoms with Crippen LogP contribution in [0.15, 0.2) is 30.3 Å². The maximum atomic E-state index is 4.73.